The maximum atomic E-state index is 15.5. The molecule has 1 aliphatic carbocycles. The van der Waals surface area contributed by atoms with Gasteiger partial charge in [-0.2, -0.15) is 0 Å². The number of aromatic nitrogens is 2. The van der Waals surface area contributed by atoms with Crippen LogP contribution in [0.1, 0.15) is 53.6 Å². The molecule has 10 nitrogen and oxygen atoms in total. The summed E-state index contributed by atoms with van der Waals surface area (Å²) in [6, 6.07) is 14.7. The van der Waals surface area contributed by atoms with Crippen molar-refractivity contribution in [1.29, 1.82) is 0 Å². The van der Waals surface area contributed by atoms with Gasteiger partial charge in [0.2, 0.25) is 0 Å². The Bertz CT molecular complexity index is 2170. The van der Waals surface area contributed by atoms with Crippen LogP contribution in [-0.2, 0) is 12.8 Å². The number of nitrogens with one attached hydrogen (secondary N) is 1. The second-order valence-corrected chi connectivity index (χ2v) is 13.5. The Morgan fingerprint density at radius 2 is 1.89 bits per heavy atom. The number of Topliss-reactive ketones (excluding diaryl/α,β-unsaturated/α-hetero) is 1. The molecule has 2 aromatic heterocycles. The van der Waals surface area contributed by atoms with Crippen molar-refractivity contribution in [3.8, 4) is 34.4 Å². The van der Waals surface area contributed by atoms with E-state index < -0.39 is 23.0 Å². The average molecular weight is 726 g/mol. The quantitative estimate of drug-likeness (QED) is 0.0948. The van der Waals surface area contributed by atoms with E-state index in [4.69, 9.17) is 18.9 Å². The van der Waals surface area contributed by atoms with E-state index in [9.17, 15) is 19.1 Å². The molecular formula is C41H41F2N3O7. The molecule has 0 spiro atoms. The molecule has 1 fully saturated rings. The van der Waals surface area contributed by atoms with Gasteiger partial charge in [0.1, 0.15) is 22.9 Å². The highest BCUT2D eigenvalue weighted by Crippen LogP contribution is 2.38. The third-order valence-corrected chi connectivity index (χ3v) is 9.75. The molecule has 1 saturated carbocycles. The number of halogens is 2. The molecule has 2 N–H and O–H groups in total. The molecule has 1 aliphatic heterocycles. The van der Waals surface area contributed by atoms with Gasteiger partial charge in [-0.1, -0.05) is 12.5 Å². The first-order valence-corrected chi connectivity index (χ1v) is 17.9. The summed E-state index contributed by atoms with van der Waals surface area (Å²) in [5.41, 5.74) is 1.29. The number of aliphatic hydroxyl groups excluding tert-OH is 1. The molecule has 7 rings (SSSR count). The summed E-state index contributed by atoms with van der Waals surface area (Å²) in [5, 5.41) is 13.9. The zero-order valence-corrected chi connectivity index (χ0v) is 29.4. The van der Waals surface area contributed by atoms with Gasteiger partial charge in [0, 0.05) is 47.9 Å². The lowest BCUT2D eigenvalue weighted by Crippen LogP contribution is -2.30. The lowest BCUT2D eigenvalue weighted by atomic mass is 9.87. The molecule has 0 amide bonds. The van der Waals surface area contributed by atoms with Crippen LogP contribution in [0.25, 0.3) is 16.6 Å². The standard InChI is InChI=1S/C41H41F2N3O7/c1-50-37-21-31-33(22-38(37)51-16-3-14-44-23-26-4-2-5-30(47)18-26)45-15-12-35(31)53-36-11-6-25(19-32(36)43)20-34(48)39-40-27(13-17-52-40)24-46(41(39)49)29-9-7-28(42)8-10-29/h6-12,15,19,21-22,24,26,30,44,47H,2-5,13-14,16-18,20,23H2,1H3. The topological polar surface area (TPSA) is 121 Å². The Kier molecular flexibility index (Phi) is 11.0. The van der Waals surface area contributed by atoms with Crippen LogP contribution in [-0.4, -0.2) is 60.0 Å². The Labute approximate surface area is 305 Å². The van der Waals surface area contributed by atoms with Crippen LogP contribution < -0.4 is 29.8 Å². The van der Waals surface area contributed by atoms with Crippen LogP contribution >= 0.6 is 0 Å². The number of nitrogens with zero attached hydrogens (tertiary/aromatic N) is 2. The highest BCUT2D eigenvalue weighted by atomic mass is 19.1. The van der Waals surface area contributed by atoms with E-state index in [1.807, 2.05) is 0 Å². The van der Waals surface area contributed by atoms with Crippen molar-refractivity contribution in [2.45, 2.75) is 51.0 Å². The van der Waals surface area contributed by atoms with Gasteiger partial charge in [-0.25, -0.2) is 8.78 Å². The smallest absolute Gasteiger partial charge is 0.269 e. The van der Waals surface area contributed by atoms with Crippen molar-refractivity contribution in [2.75, 3.05) is 33.4 Å². The van der Waals surface area contributed by atoms with Gasteiger partial charge in [0.15, 0.2) is 28.8 Å². The van der Waals surface area contributed by atoms with Gasteiger partial charge in [0.25, 0.3) is 5.56 Å². The van der Waals surface area contributed by atoms with Crippen LogP contribution in [0.3, 0.4) is 0 Å². The molecule has 3 heterocycles. The Morgan fingerprint density at radius 3 is 2.68 bits per heavy atom. The summed E-state index contributed by atoms with van der Waals surface area (Å²) in [6.45, 7) is 2.45. The number of ether oxygens (including phenoxy) is 4. The van der Waals surface area contributed by atoms with E-state index in [-0.39, 0.29) is 29.6 Å². The molecule has 0 radical (unpaired) electrons. The molecule has 12 heteroatoms. The molecule has 53 heavy (non-hydrogen) atoms. The van der Waals surface area contributed by atoms with Crippen molar-refractivity contribution in [1.82, 2.24) is 14.9 Å². The van der Waals surface area contributed by atoms with Gasteiger partial charge in [-0.3, -0.25) is 19.1 Å². The molecule has 0 bridgehead atoms. The number of fused-ring (bicyclic) bond motifs is 2. The Hall–Kier alpha value is -5.33. The number of ketones is 1. The van der Waals surface area contributed by atoms with Gasteiger partial charge in [-0.15, -0.1) is 0 Å². The SMILES string of the molecule is COc1cc2c(Oc3ccc(CC(=O)c4c5c(cn(-c6ccc(F)cc6)c4=O)CCO5)cc3F)ccnc2cc1OCCCNCC1CCCC(O)C1. The number of aliphatic hydroxyl groups is 1. The fourth-order valence-electron chi connectivity index (χ4n) is 7.05. The van der Waals surface area contributed by atoms with Crippen molar-refractivity contribution < 1.29 is 37.6 Å². The van der Waals surface area contributed by atoms with Crippen LogP contribution in [0, 0.1) is 17.6 Å². The molecular weight excluding hydrogens is 684 g/mol. The molecule has 0 saturated heterocycles. The molecule has 2 atom stereocenters. The first-order chi connectivity index (χ1) is 25.8. The van der Waals surface area contributed by atoms with E-state index >= 15 is 4.39 Å². The number of methoxy groups -OCH3 is 1. The maximum Gasteiger partial charge on any atom is 0.269 e. The minimum absolute atomic E-state index is 0.0640. The molecule has 2 aliphatic rings. The second-order valence-electron chi connectivity index (χ2n) is 13.5. The predicted molar refractivity (Wildman–Crippen MR) is 195 cm³/mol. The summed E-state index contributed by atoms with van der Waals surface area (Å²) >= 11 is 0. The first kappa shape index (κ1) is 36.0. The Balaban J connectivity index is 1.02. The lowest BCUT2D eigenvalue weighted by Gasteiger charge is -2.26. The van der Waals surface area contributed by atoms with Gasteiger partial charge in [0.05, 0.1) is 31.9 Å². The molecule has 2 unspecified atom stereocenters. The van der Waals surface area contributed by atoms with Crippen LogP contribution in [0.15, 0.2) is 77.9 Å². The van der Waals surface area contributed by atoms with E-state index in [0.29, 0.717) is 70.5 Å². The summed E-state index contributed by atoms with van der Waals surface area (Å²) in [7, 11) is 1.54. The number of rotatable bonds is 14. The molecule has 5 aromatic rings. The number of carbonyl (C=O) groups excluding carboxylic acids is 1. The highest BCUT2D eigenvalue weighted by molar-refractivity contribution is 6.00. The highest BCUT2D eigenvalue weighted by Gasteiger charge is 2.27. The fraction of sp³-hybridized carbons (Fsp3) is 0.341. The maximum absolute atomic E-state index is 15.5. The van der Waals surface area contributed by atoms with E-state index in [0.717, 1.165) is 45.2 Å². The lowest BCUT2D eigenvalue weighted by molar-refractivity contribution is 0.0986. The zero-order valence-electron chi connectivity index (χ0n) is 29.4. The number of pyridine rings is 2. The van der Waals surface area contributed by atoms with Crippen molar-refractivity contribution >= 4 is 16.7 Å². The normalized spacial score (nSPS) is 16.6. The first-order valence-electron chi connectivity index (χ1n) is 17.9. The number of hydrogen-bond acceptors (Lipinski definition) is 9. The Morgan fingerprint density at radius 1 is 1.04 bits per heavy atom. The third kappa shape index (κ3) is 8.18. The third-order valence-electron chi connectivity index (χ3n) is 9.75. The number of carbonyl (C=O) groups is 1. The predicted octanol–water partition coefficient (Wildman–Crippen LogP) is 6.73. The van der Waals surface area contributed by atoms with Crippen LogP contribution in [0.5, 0.6) is 28.7 Å². The number of hydrogen-bond donors (Lipinski definition) is 2. The van der Waals surface area contributed by atoms with E-state index in [1.165, 1.54) is 41.0 Å². The average Bonchev–Trinajstić information content (AvgIpc) is 3.62. The summed E-state index contributed by atoms with van der Waals surface area (Å²) in [6.07, 6.45) is 7.99. The summed E-state index contributed by atoms with van der Waals surface area (Å²) in [5.74, 6) is 0.351. The fourth-order valence-corrected chi connectivity index (χ4v) is 7.05. The summed E-state index contributed by atoms with van der Waals surface area (Å²) < 4.78 is 53.8. The minimum atomic E-state index is -0.696. The van der Waals surface area contributed by atoms with Gasteiger partial charge in [-0.05, 0) is 98.8 Å². The largest absolute Gasteiger partial charge is 0.493 e. The van der Waals surface area contributed by atoms with Crippen molar-refractivity contribution in [3.63, 3.8) is 0 Å². The monoisotopic (exact) mass is 725 g/mol. The van der Waals surface area contributed by atoms with Crippen LogP contribution in [0.4, 0.5) is 8.78 Å². The molecule has 276 valence electrons. The van der Waals surface area contributed by atoms with Crippen molar-refractivity contribution in [3.05, 3.63) is 112 Å². The molecule has 3 aromatic carbocycles. The van der Waals surface area contributed by atoms with Gasteiger partial charge < -0.3 is 29.4 Å². The van der Waals surface area contributed by atoms with Crippen LogP contribution in [0.2, 0.25) is 0 Å². The summed E-state index contributed by atoms with van der Waals surface area (Å²) in [4.78, 5) is 31.6. The second kappa shape index (κ2) is 16.1. The zero-order chi connectivity index (χ0) is 36.9. The van der Waals surface area contributed by atoms with Gasteiger partial charge >= 0.3 is 0 Å². The number of benzene rings is 3. The minimum Gasteiger partial charge on any atom is -0.493 e. The van der Waals surface area contributed by atoms with E-state index in [1.54, 1.807) is 43.8 Å². The van der Waals surface area contributed by atoms with Crippen molar-refractivity contribution in [2.24, 2.45) is 5.92 Å². The van der Waals surface area contributed by atoms with E-state index in [2.05, 4.69) is 10.3 Å².